The van der Waals surface area contributed by atoms with Gasteiger partial charge >= 0.3 is 0 Å². The molecule has 1 aromatic heterocycles. The first-order valence-corrected chi connectivity index (χ1v) is 9.72. The van der Waals surface area contributed by atoms with E-state index >= 15 is 0 Å². The van der Waals surface area contributed by atoms with Crippen LogP contribution in [-0.2, 0) is 6.61 Å². The highest BCUT2D eigenvalue weighted by Gasteiger charge is 2.17. The molecule has 0 aliphatic carbocycles. The van der Waals surface area contributed by atoms with Crippen LogP contribution >= 0.6 is 27.5 Å². The fraction of sp³-hybridized carbons (Fsp3) is 0.136. The number of hydrogen-bond acceptors (Lipinski definition) is 3. The minimum atomic E-state index is -0.0888. The van der Waals surface area contributed by atoms with Crippen molar-refractivity contribution in [3.63, 3.8) is 0 Å². The average molecular weight is 443 g/mol. The SMILES string of the molecule is Cc1c(Br)cccc1-c1cccc(-c2nc3cc(CO)cc(Cl)c3o2)c1C. The summed E-state index contributed by atoms with van der Waals surface area (Å²) in [5.74, 6) is 0.522. The molecule has 0 saturated carbocycles. The van der Waals surface area contributed by atoms with E-state index < -0.39 is 0 Å². The highest BCUT2D eigenvalue weighted by molar-refractivity contribution is 9.10. The van der Waals surface area contributed by atoms with Crippen molar-refractivity contribution in [1.29, 1.82) is 0 Å². The fourth-order valence-electron chi connectivity index (χ4n) is 3.31. The lowest BCUT2D eigenvalue weighted by atomic mass is 9.93. The van der Waals surface area contributed by atoms with Crippen molar-refractivity contribution < 1.29 is 9.52 Å². The molecule has 136 valence electrons. The molecule has 0 fully saturated rings. The van der Waals surface area contributed by atoms with Crippen molar-refractivity contribution in [2.75, 3.05) is 0 Å². The highest BCUT2D eigenvalue weighted by atomic mass is 79.9. The summed E-state index contributed by atoms with van der Waals surface area (Å²) in [6, 6.07) is 15.8. The quantitative estimate of drug-likeness (QED) is 0.384. The summed E-state index contributed by atoms with van der Waals surface area (Å²) in [6.45, 7) is 4.08. The standard InChI is InChI=1S/C22H17BrClNO2/c1-12-15(16-6-4-8-18(23)13(16)2)5-3-7-17(12)22-25-20-10-14(11-26)9-19(24)21(20)27-22/h3-10,26H,11H2,1-2H3. The number of fused-ring (bicyclic) bond motifs is 1. The lowest BCUT2D eigenvalue weighted by Crippen LogP contribution is -1.91. The minimum Gasteiger partial charge on any atom is -0.434 e. The van der Waals surface area contributed by atoms with Crippen LogP contribution in [0.25, 0.3) is 33.7 Å². The summed E-state index contributed by atoms with van der Waals surface area (Å²) >= 11 is 9.91. The summed E-state index contributed by atoms with van der Waals surface area (Å²) in [5.41, 5.74) is 7.38. The fourth-order valence-corrected chi connectivity index (χ4v) is 3.95. The van der Waals surface area contributed by atoms with E-state index in [1.807, 2.05) is 24.3 Å². The number of hydrogen-bond donors (Lipinski definition) is 1. The molecule has 4 rings (SSSR count). The first-order valence-electron chi connectivity index (χ1n) is 8.55. The number of rotatable bonds is 3. The molecule has 0 bridgehead atoms. The zero-order valence-electron chi connectivity index (χ0n) is 14.9. The van der Waals surface area contributed by atoms with Gasteiger partial charge in [0.2, 0.25) is 5.89 Å². The van der Waals surface area contributed by atoms with E-state index in [0.29, 0.717) is 27.6 Å². The van der Waals surface area contributed by atoms with E-state index in [0.717, 1.165) is 21.2 Å². The Morgan fingerprint density at radius 3 is 2.41 bits per heavy atom. The zero-order valence-corrected chi connectivity index (χ0v) is 17.2. The molecule has 5 heteroatoms. The van der Waals surface area contributed by atoms with Crippen LogP contribution in [0.2, 0.25) is 5.02 Å². The molecule has 0 unspecified atom stereocenters. The predicted molar refractivity (Wildman–Crippen MR) is 113 cm³/mol. The first kappa shape index (κ1) is 18.2. The Balaban J connectivity index is 1.90. The van der Waals surface area contributed by atoms with E-state index in [2.05, 4.69) is 46.9 Å². The molecule has 3 nitrogen and oxygen atoms in total. The highest BCUT2D eigenvalue weighted by Crippen LogP contribution is 2.37. The molecule has 0 aliphatic heterocycles. The third-order valence-corrected chi connectivity index (χ3v) is 5.95. The van der Waals surface area contributed by atoms with Crippen LogP contribution in [0.3, 0.4) is 0 Å². The smallest absolute Gasteiger partial charge is 0.227 e. The maximum absolute atomic E-state index is 9.38. The van der Waals surface area contributed by atoms with Gasteiger partial charge in [-0.25, -0.2) is 4.98 Å². The lowest BCUT2D eigenvalue weighted by Gasteiger charge is -2.13. The van der Waals surface area contributed by atoms with Gasteiger partial charge in [-0.3, -0.25) is 0 Å². The largest absolute Gasteiger partial charge is 0.434 e. The van der Waals surface area contributed by atoms with Gasteiger partial charge in [0.05, 0.1) is 11.6 Å². The van der Waals surface area contributed by atoms with E-state index in [1.54, 1.807) is 12.1 Å². The van der Waals surface area contributed by atoms with Crippen LogP contribution in [0.15, 0.2) is 57.4 Å². The Hall–Kier alpha value is -2.14. The van der Waals surface area contributed by atoms with Crippen LogP contribution in [0.5, 0.6) is 0 Å². The van der Waals surface area contributed by atoms with Gasteiger partial charge in [0, 0.05) is 10.0 Å². The Labute approximate surface area is 170 Å². The molecular weight excluding hydrogens is 426 g/mol. The van der Waals surface area contributed by atoms with E-state index in [-0.39, 0.29) is 6.61 Å². The molecule has 0 spiro atoms. The van der Waals surface area contributed by atoms with E-state index in [4.69, 9.17) is 16.0 Å². The molecule has 27 heavy (non-hydrogen) atoms. The van der Waals surface area contributed by atoms with Gasteiger partial charge in [-0.2, -0.15) is 0 Å². The molecule has 0 radical (unpaired) electrons. The van der Waals surface area contributed by atoms with Gasteiger partial charge in [-0.15, -0.1) is 0 Å². The Morgan fingerprint density at radius 2 is 1.67 bits per heavy atom. The van der Waals surface area contributed by atoms with Crippen molar-refractivity contribution in [3.8, 4) is 22.6 Å². The van der Waals surface area contributed by atoms with Crippen molar-refractivity contribution in [1.82, 2.24) is 4.98 Å². The van der Waals surface area contributed by atoms with Gasteiger partial charge in [0.15, 0.2) is 5.58 Å². The maximum Gasteiger partial charge on any atom is 0.227 e. The minimum absolute atomic E-state index is 0.0888. The summed E-state index contributed by atoms with van der Waals surface area (Å²) in [5, 5.41) is 9.83. The van der Waals surface area contributed by atoms with Crippen LogP contribution in [0.4, 0.5) is 0 Å². The molecule has 0 amide bonds. The third-order valence-electron chi connectivity index (χ3n) is 4.81. The third kappa shape index (κ3) is 3.18. The number of nitrogens with zero attached hydrogens (tertiary/aromatic N) is 1. The molecule has 1 heterocycles. The Morgan fingerprint density at radius 1 is 1.00 bits per heavy atom. The summed E-state index contributed by atoms with van der Waals surface area (Å²) in [6.07, 6.45) is 0. The van der Waals surface area contributed by atoms with Gasteiger partial charge < -0.3 is 9.52 Å². The maximum atomic E-state index is 9.38. The van der Waals surface area contributed by atoms with Crippen molar-refractivity contribution in [3.05, 3.63) is 74.7 Å². The lowest BCUT2D eigenvalue weighted by molar-refractivity contribution is 0.282. The number of aliphatic hydroxyl groups excluding tert-OH is 1. The summed E-state index contributed by atoms with van der Waals surface area (Å²) in [7, 11) is 0. The Bertz CT molecular complexity index is 1170. The normalized spacial score (nSPS) is 11.3. The topological polar surface area (TPSA) is 46.3 Å². The van der Waals surface area contributed by atoms with Crippen LogP contribution in [-0.4, -0.2) is 10.1 Å². The molecule has 0 saturated heterocycles. The number of benzene rings is 3. The number of oxazole rings is 1. The van der Waals surface area contributed by atoms with Crippen LogP contribution in [0.1, 0.15) is 16.7 Å². The molecule has 0 aliphatic rings. The molecule has 1 N–H and O–H groups in total. The molecule has 3 aromatic carbocycles. The number of aromatic nitrogens is 1. The van der Waals surface area contributed by atoms with Crippen molar-refractivity contribution in [2.24, 2.45) is 0 Å². The van der Waals surface area contributed by atoms with Crippen LogP contribution in [0, 0.1) is 13.8 Å². The average Bonchev–Trinajstić information content (AvgIpc) is 3.09. The van der Waals surface area contributed by atoms with Crippen molar-refractivity contribution >= 4 is 38.6 Å². The number of aliphatic hydroxyl groups is 1. The summed E-state index contributed by atoms with van der Waals surface area (Å²) < 4.78 is 7.05. The molecule has 4 aromatic rings. The molecular formula is C22H17BrClNO2. The summed E-state index contributed by atoms with van der Waals surface area (Å²) in [4.78, 5) is 4.62. The second-order valence-electron chi connectivity index (χ2n) is 6.49. The number of halogens is 2. The Kier molecular flexibility index (Phi) is 4.81. The van der Waals surface area contributed by atoms with Crippen molar-refractivity contribution in [2.45, 2.75) is 20.5 Å². The first-order chi connectivity index (χ1) is 13.0. The second kappa shape index (κ2) is 7.12. The van der Waals surface area contributed by atoms with Gasteiger partial charge in [0.1, 0.15) is 5.52 Å². The van der Waals surface area contributed by atoms with E-state index in [1.165, 1.54) is 11.1 Å². The van der Waals surface area contributed by atoms with Gasteiger partial charge in [-0.1, -0.05) is 51.8 Å². The monoisotopic (exact) mass is 441 g/mol. The zero-order chi connectivity index (χ0) is 19.1. The molecule has 0 atom stereocenters. The second-order valence-corrected chi connectivity index (χ2v) is 7.76. The predicted octanol–water partition coefficient (Wildman–Crippen LogP) is 6.69. The van der Waals surface area contributed by atoms with Gasteiger partial charge in [0.25, 0.3) is 0 Å². The van der Waals surface area contributed by atoms with Gasteiger partial charge in [-0.05, 0) is 65.9 Å². The van der Waals surface area contributed by atoms with E-state index in [9.17, 15) is 5.11 Å². The van der Waals surface area contributed by atoms with Crippen LogP contribution < -0.4 is 0 Å².